The predicted octanol–water partition coefficient (Wildman–Crippen LogP) is 26.3. The van der Waals surface area contributed by atoms with E-state index in [0.29, 0.717) is 45.9 Å². The molecule has 0 amide bonds. The van der Waals surface area contributed by atoms with E-state index >= 15 is 0 Å². The minimum absolute atomic E-state index is 0. The van der Waals surface area contributed by atoms with Crippen molar-refractivity contribution >= 4 is 335 Å². The molecule has 2 spiro atoms. The zero-order chi connectivity index (χ0) is 73.5. The first-order chi connectivity index (χ1) is 56.5. The van der Waals surface area contributed by atoms with E-state index in [0.717, 1.165) is 67.0 Å². The van der Waals surface area contributed by atoms with Gasteiger partial charge < -0.3 is 29.9 Å². The van der Waals surface area contributed by atoms with Crippen LogP contribution in [-0.4, -0.2) is 48.4 Å². The van der Waals surface area contributed by atoms with Gasteiger partial charge in [0.15, 0.2) is 0 Å². The SMILES string of the molecule is CN1CC23c4c5c6c7c8c9c(c%10c%11c2c2c%12c4c4c%13c5c5c7c7c8c8c%14c9c%10c9c%10c%11c2c2c%11c%12c4c4c%12c%13c5c5c7c7c8c8c%14c9c9c%10c2c2c%11c4c4c%12c5c7c5c8c9c2c45)C63C1c1ccc2c(c1)-c1nc-2nc2[n-]c(nc3nc(nc4[n-]c(n1)c1cccc(C(C)(C)C)c41)-c1cccc(C(C)(C)C)c1-3)c1c(C(C)(C)C)cccc21.[Cu+2]. The fourth-order valence-electron chi connectivity index (χ4n) is 33.4. The molecule has 1 radical (unpaired) electrons. The van der Waals surface area contributed by atoms with Gasteiger partial charge in [-0.2, -0.15) is 0 Å². The fourth-order valence-corrected chi connectivity index (χ4v) is 33.4. The van der Waals surface area contributed by atoms with E-state index in [2.05, 4.69) is 147 Å². The van der Waals surface area contributed by atoms with Crippen molar-refractivity contribution in [2.24, 2.45) is 0 Å². The molecule has 32 aromatic carbocycles. The van der Waals surface area contributed by atoms with Crippen LogP contribution in [0.2, 0.25) is 0 Å². The van der Waals surface area contributed by atoms with Crippen LogP contribution < -0.4 is 9.97 Å². The standard InChI is InChI=1S/C107H45N9.Cu/c1-103(2,3)30-17-11-14-26-33(30)100-111-97(26)110-99-29-22-24(20-21-25(29)95(109-99)108-96-27-15-12-18-31(104(4,5)6)34(27)101(112-96)115-102-35-28(98(113-100)114-102)16-13-19-32(35)105(7,8)9)94-107-92-85-77-65-57-48-39-37-36-38-42(39)51-58-56-47(38)49-45-40(36)43-44-41(37)46-50(48)63(65)71-69-55(46)53(44)61-60-52(43)54(45)68-70-62(49)64(56)76-78-66(58)67(59(51)57)79(77)88(92)87(78)90-83(76)81(70)84-74(68)72(60)80-73(61)75(69)86(82(71)85)93(107)89(80)91(84)106(90,107)23-116(94)10;/h11-22,94H,23H2,1-10H3;/q-2;+2. The maximum atomic E-state index is 5.95. The van der Waals surface area contributed by atoms with Gasteiger partial charge in [-0.1, -0.05) is 129 Å². The van der Waals surface area contributed by atoms with Gasteiger partial charge in [-0.15, -0.1) is 0 Å². The van der Waals surface area contributed by atoms with Crippen molar-refractivity contribution in [3.63, 3.8) is 0 Å². The second kappa shape index (κ2) is 13.9. The Morgan fingerprint density at radius 2 is 0.573 bits per heavy atom. The smallest absolute Gasteiger partial charge is 0.357 e. The Kier molecular flexibility index (Phi) is 6.44. The van der Waals surface area contributed by atoms with Crippen LogP contribution in [0.25, 0.3) is 381 Å². The number of likely N-dealkylation sites (tertiary alicyclic amines) is 1. The third-order valence-electron chi connectivity index (χ3n) is 35.4. The molecule has 1 saturated heterocycles. The van der Waals surface area contributed by atoms with Crippen molar-refractivity contribution in [2.45, 2.75) is 95.4 Å². The van der Waals surface area contributed by atoms with Crippen LogP contribution in [0.4, 0.5) is 0 Å². The summed E-state index contributed by atoms with van der Waals surface area (Å²) in [5.74, 6) is 2.34. The number of likely N-dealkylation sites (N-methyl/N-ethyl adjacent to an activating group) is 1. The van der Waals surface area contributed by atoms with E-state index in [1.54, 1.807) is 313 Å². The summed E-state index contributed by atoms with van der Waals surface area (Å²) in [5.41, 5.74) is 15.7. The second-order valence-corrected chi connectivity index (χ2v) is 42.0. The van der Waals surface area contributed by atoms with E-state index < -0.39 is 10.8 Å². The fraction of sp³-hybridized carbons (Fsp3) is 0.159. The van der Waals surface area contributed by atoms with Crippen LogP contribution in [-0.2, 0) is 44.1 Å². The Bertz CT molecular complexity index is 11100. The molecule has 6 heterocycles. The number of hydrogen-bond acceptors (Lipinski definition) is 7. The maximum absolute atomic E-state index is 5.95. The molecule has 10 heteroatoms. The number of hydrogen-bond donors (Lipinski definition) is 0. The van der Waals surface area contributed by atoms with Crippen LogP contribution in [0.3, 0.4) is 0 Å². The Hall–Kier alpha value is -12.8. The van der Waals surface area contributed by atoms with E-state index in [9.17, 15) is 0 Å². The molecular formula is C107H45CuN9. The Labute approximate surface area is 663 Å². The number of rotatable bonds is 1. The molecule has 3 aromatic heterocycles. The summed E-state index contributed by atoms with van der Waals surface area (Å²) in [6, 6.07) is 27.2. The molecule has 42 rings (SSSR count). The molecule has 1 fully saturated rings. The predicted molar refractivity (Wildman–Crippen MR) is 479 cm³/mol. The molecule has 3 atom stereocenters. The van der Waals surface area contributed by atoms with E-state index in [1.165, 1.54) is 5.56 Å². The van der Waals surface area contributed by atoms with Gasteiger partial charge in [0.25, 0.3) is 0 Å². The zero-order valence-corrected chi connectivity index (χ0v) is 65.0. The summed E-state index contributed by atoms with van der Waals surface area (Å²) in [4.78, 5) is 48.8. The van der Waals surface area contributed by atoms with Gasteiger partial charge in [-0.25, -0.2) is 9.97 Å². The average molecular weight is 1520 g/mol. The first-order valence-corrected chi connectivity index (χ1v) is 42.3. The number of benzene rings is 21. The molecule has 3 aliphatic heterocycles. The molecule has 8 bridgehead atoms. The monoisotopic (exact) mass is 1520 g/mol. The summed E-state index contributed by atoms with van der Waals surface area (Å²) in [6.07, 6.45) is 0. The summed E-state index contributed by atoms with van der Waals surface area (Å²) in [6.45, 7) is 21.4. The number of nitrogens with zero attached hydrogens (tertiary/aromatic N) is 9. The Morgan fingerprint density at radius 1 is 0.282 bits per heavy atom. The summed E-state index contributed by atoms with van der Waals surface area (Å²) in [7, 11) is 2.57. The van der Waals surface area contributed by atoms with Crippen LogP contribution in [0.5, 0.6) is 0 Å². The number of fused-ring (bicyclic) bond motifs is 20. The van der Waals surface area contributed by atoms with Crippen LogP contribution in [0.1, 0.15) is 113 Å². The van der Waals surface area contributed by atoms with Gasteiger partial charge in [0.2, 0.25) is 0 Å². The second-order valence-electron chi connectivity index (χ2n) is 42.0. The number of aromatic nitrogens is 8. The molecule has 0 saturated carbocycles. The average Bonchev–Trinajstić information content (AvgIpc) is 1.38. The van der Waals surface area contributed by atoms with Crippen molar-refractivity contribution in [1.29, 1.82) is 0 Å². The van der Waals surface area contributed by atoms with Gasteiger partial charge in [-0.3, -0.25) is 4.90 Å². The van der Waals surface area contributed by atoms with Gasteiger partial charge in [0.1, 0.15) is 0 Å². The van der Waals surface area contributed by atoms with E-state index in [-0.39, 0.29) is 39.4 Å². The quantitative estimate of drug-likeness (QED) is 0.117. The topological polar surface area (TPSA) is 109 Å². The summed E-state index contributed by atoms with van der Waals surface area (Å²) < 4.78 is 0. The first kappa shape index (κ1) is 54.1. The van der Waals surface area contributed by atoms with Gasteiger partial charge in [-0.05, 0) is 386 Å². The molecular weight excluding hydrogens is 1470 g/mol. The van der Waals surface area contributed by atoms with Crippen molar-refractivity contribution in [3.05, 3.63) is 117 Å². The molecule has 117 heavy (non-hydrogen) atoms. The van der Waals surface area contributed by atoms with Crippen LogP contribution >= 0.6 is 0 Å². The van der Waals surface area contributed by atoms with Crippen molar-refractivity contribution < 1.29 is 17.1 Å². The zero-order valence-electron chi connectivity index (χ0n) is 64.0. The van der Waals surface area contributed by atoms with Crippen LogP contribution in [0, 0.1) is 0 Å². The van der Waals surface area contributed by atoms with Crippen molar-refractivity contribution in [3.8, 4) is 45.6 Å². The van der Waals surface area contributed by atoms with Crippen LogP contribution in [0.15, 0.2) is 72.8 Å². The van der Waals surface area contributed by atoms with Gasteiger partial charge in [0.05, 0.1) is 34.1 Å². The molecule has 9 nitrogen and oxygen atoms in total. The normalized spacial score (nSPS) is 19.7. The summed E-state index contributed by atoms with van der Waals surface area (Å²) in [5, 5.41) is 91.0. The minimum Gasteiger partial charge on any atom is -0.357 e. The molecule has 7 aliphatic rings. The molecule has 3 unspecified atom stereocenters. The minimum atomic E-state index is -0.587. The van der Waals surface area contributed by atoms with E-state index in [1.807, 2.05) is 0 Å². The third-order valence-corrected chi connectivity index (χ3v) is 35.4. The molecule has 0 N–H and O–H groups in total. The van der Waals surface area contributed by atoms with Crippen molar-refractivity contribution in [1.82, 2.24) is 44.8 Å². The maximum Gasteiger partial charge on any atom is 2.00 e. The largest absolute Gasteiger partial charge is 2.00 e. The van der Waals surface area contributed by atoms with Gasteiger partial charge >= 0.3 is 17.1 Å². The summed E-state index contributed by atoms with van der Waals surface area (Å²) >= 11 is 0. The van der Waals surface area contributed by atoms with Gasteiger partial charge in [0, 0.05) is 57.4 Å². The van der Waals surface area contributed by atoms with Crippen molar-refractivity contribution in [2.75, 3.05) is 13.6 Å². The Morgan fingerprint density at radius 3 is 0.983 bits per heavy atom. The third kappa shape index (κ3) is 3.96. The Balaban J connectivity index is 0.00000594. The van der Waals surface area contributed by atoms with E-state index in [4.69, 9.17) is 39.9 Å². The first-order valence-electron chi connectivity index (χ1n) is 42.3. The molecule has 529 valence electrons. The molecule has 35 aromatic rings. The molecule has 4 aliphatic carbocycles.